The Balaban J connectivity index is 1.24. The van der Waals surface area contributed by atoms with E-state index >= 15 is 0 Å². The zero-order chi connectivity index (χ0) is 24.4. The summed E-state index contributed by atoms with van der Waals surface area (Å²) >= 11 is 6.62. The molecule has 1 N–H and O–H groups in total. The maximum absolute atomic E-state index is 6.62. The number of H-pyrrole nitrogens is 1. The summed E-state index contributed by atoms with van der Waals surface area (Å²) in [6.07, 6.45) is 4.76. The zero-order valence-electron chi connectivity index (χ0n) is 21.2. The third-order valence-corrected chi connectivity index (χ3v) is 7.87. The predicted molar refractivity (Wildman–Crippen MR) is 144 cm³/mol. The van der Waals surface area contributed by atoms with Crippen LogP contribution in [0.5, 0.6) is 0 Å². The first kappa shape index (κ1) is 24.3. The van der Waals surface area contributed by atoms with E-state index in [-0.39, 0.29) is 0 Å². The first-order valence-electron chi connectivity index (χ1n) is 12.9. The maximum atomic E-state index is 6.62. The smallest absolute Gasteiger partial charge is 0.186 e. The molecule has 4 heterocycles. The Morgan fingerprint density at radius 2 is 1.71 bits per heavy atom. The molecule has 1 aromatic carbocycles. The number of aryl methyl sites for hydroxylation is 2. The molecule has 9 heteroatoms. The van der Waals surface area contributed by atoms with Gasteiger partial charge in [0.1, 0.15) is 12.1 Å². The van der Waals surface area contributed by atoms with Gasteiger partial charge in [0.25, 0.3) is 0 Å². The Morgan fingerprint density at radius 3 is 2.46 bits per heavy atom. The fourth-order valence-electron chi connectivity index (χ4n) is 5.43. The molecule has 0 radical (unpaired) electrons. The van der Waals surface area contributed by atoms with E-state index in [0.717, 1.165) is 73.1 Å². The number of hydrogen-bond donors (Lipinski definition) is 1. The van der Waals surface area contributed by atoms with Crippen LogP contribution >= 0.6 is 11.6 Å². The minimum Gasteiger partial charge on any atom is -0.368 e. The van der Waals surface area contributed by atoms with E-state index in [9.17, 15) is 0 Å². The van der Waals surface area contributed by atoms with Crippen LogP contribution in [0.4, 0.5) is 11.5 Å². The van der Waals surface area contributed by atoms with Crippen molar-refractivity contribution < 1.29 is 0 Å². The van der Waals surface area contributed by atoms with Crippen LogP contribution in [-0.2, 0) is 12.8 Å². The molecule has 2 aliphatic rings. The highest BCUT2D eigenvalue weighted by Gasteiger charge is 2.24. The number of nitrogens with zero attached hydrogens (tertiary/aromatic N) is 7. The number of anilines is 2. The van der Waals surface area contributed by atoms with Crippen molar-refractivity contribution in [3.63, 3.8) is 0 Å². The number of aromatic amines is 1. The lowest BCUT2D eigenvalue weighted by molar-refractivity contribution is 0.153. The van der Waals surface area contributed by atoms with Gasteiger partial charge in [0.15, 0.2) is 5.65 Å². The Kier molecular flexibility index (Phi) is 7.41. The largest absolute Gasteiger partial charge is 0.368 e. The summed E-state index contributed by atoms with van der Waals surface area (Å²) in [4.78, 5) is 18.8. The number of fused-ring (bicyclic) bond motifs is 1. The molecule has 0 saturated carbocycles. The molecule has 0 unspecified atom stereocenters. The van der Waals surface area contributed by atoms with Crippen molar-refractivity contribution in [3.05, 3.63) is 40.3 Å². The lowest BCUT2D eigenvalue weighted by Crippen LogP contribution is -2.47. The molecular formula is C26H37ClN8. The third kappa shape index (κ3) is 5.25. The van der Waals surface area contributed by atoms with E-state index in [2.05, 4.69) is 72.8 Å². The molecule has 5 rings (SSSR count). The number of rotatable bonds is 7. The number of benzene rings is 1. The van der Waals surface area contributed by atoms with Crippen molar-refractivity contribution in [1.82, 2.24) is 30.0 Å². The fraction of sp³-hybridized carbons (Fsp3) is 0.577. The number of aromatic nitrogens is 4. The summed E-state index contributed by atoms with van der Waals surface area (Å²) in [6, 6.07) is 4.31. The SMILES string of the molecule is CCc1[nH]nc2ncnc(N3CCN(c4cc(Cl)cc(CCCN5CCN(C)CC5)c4C)CC3)c12. The fourth-order valence-corrected chi connectivity index (χ4v) is 5.66. The Bertz CT molecular complexity index is 1150. The topological polar surface area (TPSA) is 67.4 Å². The Hall–Kier alpha value is -2.42. The molecule has 2 aromatic heterocycles. The highest BCUT2D eigenvalue weighted by molar-refractivity contribution is 6.31. The van der Waals surface area contributed by atoms with Crippen LogP contribution in [0.15, 0.2) is 18.5 Å². The molecule has 188 valence electrons. The second-order valence-electron chi connectivity index (χ2n) is 9.88. The molecule has 0 atom stereocenters. The van der Waals surface area contributed by atoms with Crippen LogP contribution in [0.2, 0.25) is 5.02 Å². The molecule has 0 spiro atoms. The number of halogens is 1. The molecule has 2 fully saturated rings. The number of piperazine rings is 2. The minimum absolute atomic E-state index is 0.751. The van der Waals surface area contributed by atoms with Crippen molar-refractivity contribution in [3.8, 4) is 0 Å². The van der Waals surface area contributed by atoms with Gasteiger partial charge in [-0.2, -0.15) is 5.10 Å². The Labute approximate surface area is 213 Å². The summed E-state index contributed by atoms with van der Waals surface area (Å²) in [5, 5.41) is 9.39. The van der Waals surface area contributed by atoms with Crippen molar-refractivity contribution in [2.45, 2.75) is 33.1 Å². The monoisotopic (exact) mass is 496 g/mol. The average Bonchev–Trinajstić information content (AvgIpc) is 3.31. The van der Waals surface area contributed by atoms with E-state index in [1.165, 1.54) is 49.4 Å². The molecular weight excluding hydrogens is 460 g/mol. The van der Waals surface area contributed by atoms with Gasteiger partial charge >= 0.3 is 0 Å². The van der Waals surface area contributed by atoms with E-state index in [1.54, 1.807) is 6.33 Å². The molecule has 2 aliphatic heterocycles. The highest BCUT2D eigenvalue weighted by atomic mass is 35.5. The van der Waals surface area contributed by atoms with E-state index in [0.29, 0.717) is 0 Å². The van der Waals surface area contributed by atoms with Gasteiger partial charge < -0.3 is 19.6 Å². The summed E-state index contributed by atoms with van der Waals surface area (Å²) in [6.45, 7) is 13.9. The van der Waals surface area contributed by atoms with Crippen LogP contribution in [0.1, 0.15) is 30.2 Å². The molecule has 8 nitrogen and oxygen atoms in total. The van der Waals surface area contributed by atoms with Gasteiger partial charge in [0.2, 0.25) is 0 Å². The van der Waals surface area contributed by atoms with Crippen LogP contribution < -0.4 is 9.80 Å². The highest BCUT2D eigenvalue weighted by Crippen LogP contribution is 2.31. The number of nitrogens with one attached hydrogen (secondary N) is 1. The third-order valence-electron chi connectivity index (χ3n) is 7.65. The lowest BCUT2D eigenvalue weighted by atomic mass is 10.0. The van der Waals surface area contributed by atoms with E-state index in [1.807, 2.05) is 0 Å². The average molecular weight is 497 g/mol. The number of likely N-dealkylation sites (N-methyl/N-ethyl adjacent to an activating group) is 1. The predicted octanol–water partition coefficient (Wildman–Crippen LogP) is 3.38. The summed E-state index contributed by atoms with van der Waals surface area (Å²) < 4.78 is 0. The van der Waals surface area contributed by atoms with Gasteiger partial charge in [0.05, 0.1) is 5.39 Å². The van der Waals surface area contributed by atoms with Crippen LogP contribution in [0.3, 0.4) is 0 Å². The Morgan fingerprint density at radius 1 is 0.971 bits per heavy atom. The first-order valence-corrected chi connectivity index (χ1v) is 13.3. The molecule has 35 heavy (non-hydrogen) atoms. The van der Waals surface area contributed by atoms with Crippen LogP contribution in [-0.4, -0.2) is 95.9 Å². The summed E-state index contributed by atoms with van der Waals surface area (Å²) in [5.41, 5.74) is 5.88. The van der Waals surface area contributed by atoms with E-state index in [4.69, 9.17) is 11.6 Å². The lowest BCUT2D eigenvalue weighted by Gasteiger charge is -2.38. The van der Waals surface area contributed by atoms with Gasteiger partial charge in [-0.3, -0.25) is 5.10 Å². The van der Waals surface area contributed by atoms with Gasteiger partial charge in [-0.25, -0.2) is 9.97 Å². The van der Waals surface area contributed by atoms with Gasteiger partial charge in [-0.1, -0.05) is 18.5 Å². The van der Waals surface area contributed by atoms with Crippen molar-refractivity contribution >= 4 is 34.1 Å². The van der Waals surface area contributed by atoms with E-state index < -0.39 is 0 Å². The first-order chi connectivity index (χ1) is 17.0. The number of hydrogen-bond acceptors (Lipinski definition) is 7. The molecule has 0 aliphatic carbocycles. The van der Waals surface area contributed by atoms with Gasteiger partial charge in [-0.05, 0) is 63.0 Å². The normalized spacial score (nSPS) is 18.1. The summed E-state index contributed by atoms with van der Waals surface area (Å²) in [5.74, 6) is 0.993. The second kappa shape index (κ2) is 10.7. The van der Waals surface area contributed by atoms with Gasteiger partial charge in [-0.15, -0.1) is 0 Å². The van der Waals surface area contributed by atoms with Crippen molar-refractivity contribution in [2.75, 3.05) is 75.8 Å². The molecule has 0 amide bonds. The van der Waals surface area contributed by atoms with Gasteiger partial charge in [0, 0.05) is 68.8 Å². The summed E-state index contributed by atoms with van der Waals surface area (Å²) in [7, 11) is 2.21. The van der Waals surface area contributed by atoms with Crippen molar-refractivity contribution in [2.24, 2.45) is 0 Å². The minimum atomic E-state index is 0.751. The molecule has 2 saturated heterocycles. The standard InChI is InChI=1S/C26H37ClN8/c1-4-22-24-25(31-30-22)28-18-29-26(24)35-14-12-34(13-15-35)23-17-21(27)16-20(19(23)2)6-5-7-33-10-8-32(3)9-11-33/h16-18H,4-15H2,1-3H3,(H,28,29,30,31). The van der Waals surface area contributed by atoms with Crippen molar-refractivity contribution in [1.29, 1.82) is 0 Å². The second-order valence-corrected chi connectivity index (χ2v) is 10.3. The quantitative estimate of drug-likeness (QED) is 0.537. The maximum Gasteiger partial charge on any atom is 0.186 e. The zero-order valence-corrected chi connectivity index (χ0v) is 22.0. The van der Waals surface area contributed by atoms with Crippen LogP contribution in [0.25, 0.3) is 11.0 Å². The van der Waals surface area contributed by atoms with Crippen LogP contribution in [0, 0.1) is 6.92 Å². The molecule has 0 bridgehead atoms. The molecule has 3 aromatic rings.